The first kappa shape index (κ1) is 12.0. The largest absolute Gasteiger partial charge is 0.351 e. The van der Waals surface area contributed by atoms with Crippen molar-refractivity contribution < 1.29 is 0 Å². The third kappa shape index (κ3) is 2.11. The van der Waals surface area contributed by atoms with Gasteiger partial charge in [0, 0.05) is 30.7 Å². The van der Waals surface area contributed by atoms with E-state index in [0.717, 1.165) is 30.9 Å². The highest BCUT2D eigenvalue weighted by Gasteiger charge is 2.20. The maximum absolute atomic E-state index is 6.29. The normalized spacial score (nSPS) is 14.7. The molecule has 5 heteroatoms. The van der Waals surface area contributed by atoms with E-state index in [0.29, 0.717) is 11.6 Å². The van der Waals surface area contributed by atoms with Gasteiger partial charge in [-0.05, 0) is 35.1 Å². The van der Waals surface area contributed by atoms with Crippen molar-refractivity contribution >= 4 is 28.8 Å². The minimum absolute atomic E-state index is 0.474. The van der Waals surface area contributed by atoms with Crippen LogP contribution in [0.4, 0.5) is 5.82 Å². The van der Waals surface area contributed by atoms with E-state index in [-0.39, 0.29) is 0 Å². The van der Waals surface area contributed by atoms with Crippen LogP contribution in [0, 0.1) is 0 Å². The highest BCUT2D eigenvalue weighted by atomic mass is 35.5. The number of thiophene rings is 1. The number of nitrogens with two attached hydrogens (primary N) is 1. The van der Waals surface area contributed by atoms with Crippen molar-refractivity contribution in [2.75, 3.05) is 11.4 Å². The lowest BCUT2D eigenvalue weighted by Crippen LogP contribution is -2.30. The van der Waals surface area contributed by atoms with Crippen LogP contribution in [0.25, 0.3) is 0 Å². The molecule has 0 aromatic carbocycles. The monoisotopic (exact) mass is 279 g/mol. The number of aromatic nitrogens is 1. The molecular formula is C13H14ClN3S. The second-order valence-corrected chi connectivity index (χ2v) is 5.80. The van der Waals surface area contributed by atoms with Crippen LogP contribution < -0.4 is 10.6 Å². The number of rotatable bonds is 2. The molecule has 3 rings (SSSR count). The second-order valence-electron chi connectivity index (χ2n) is 4.39. The van der Waals surface area contributed by atoms with Gasteiger partial charge in [0.2, 0.25) is 0 Å². The van der Waals surface area contributed by atoms with Crippen LogP contribution in [0.3, 0.4) is 0 Å². The van der Waals surface area contributed by atoms with E-state index < -0.39 is 0 Å². The molecule has 2 N–H and O–H groups in total. The molecule has 0 fully saturated rings. The van der Waals surface area contributed by atoms with Gasteiger partial charge in [0.1, 0.15) is 5.82 Å². The van der Waals surface area contributed by atoms with E-state index in [9.17, 15) is 0 Å². The Labute approximate surface area is 115 Å². The number of anilines is 1. The van der Waals surface area contributed by atoms with Crippen molar-refractivity contribution in [2.45, 2.75) is 19.5 Å². The van der Waals surface area contributed by atoms with Crippen LogP contribution >= 0.6 is 22.9 Å². The van der Waals surface area contributed by atoms with Crippen LogP contribution in [-0.4, -0.2) is 11.5 Å². The maximum atomic E-state index is 6.29. The Bertz CT molecular complexity index is 567. The van der Waals surface area contributed by atoms with Gasteiger partial charge in [0.05, 0.1) is 5.02 Å². The van der Waals surface area contributed by atoms with Crippen LogP contribution in [-0.2, 0) is 19.5 Å². The molecule has 0 aliphatic carbocycles. The standard InChI is InChI=1S/C13H14ClN3S/c14-11-5-9(6-15)7-16-13(11)17-3-1-12-10(8-17)2-4-18-12/h2,4-5,7H,1,3,6,8,15H2. The molecule has 0 bridgehead atoms. The molecule has 3 nitrogen and oxygen atoms in total. The predicted molar refractivity (Wildman–Crippen MR) is 76.2 cm³/mol. The third-order valence-electron chi connectivity index (χ3n) is 3.22. The van der Waals surface area contributed by atoms with Crippen LogP contribution in [0.15, 0.2) is 23.7 Å². The molecule has 1 aliphatic rings. The molecule has 0 radical (unpaired) electrons. The van der Waals surface area contributed by atoms with Crippen molar-refractivity contribution in [1.29, 1.82) is 0 Å². The first-order valence-corrected chi connectivity index (χ1v) is 7.18. The minimum atomic E-state index is 0.474. The van der Waals surface area contributed by atoms with Crippen LogP contribution in [0.2, 0.25) is 5.02 Å². The van der Waals surface area contributed by atoms with Gasteiger partial charge in [-0.25, -0.2) is 4.98 Å². The molecule has 1 aliphatic heterocycles. The van der Waals surface area contributed by atoms with Crippen molar-refractivity contribution in [3.8, 4) is 0 Å². The summed E-state index contributed by atoms with van der Waals surface area (Å²) in [5.74, 6) is 0.866. The second kappa shape index (κ2) is 4.88. The van der Waals surface area contributed by atoms with Gasteiger partial charge in [-0.2, -0.15) is 0 Å². The summed E-state index contributed by atoms with van der Waals surface area (Å²) in [7, 11) is 0. The summed E-state index contributed by atoms with van der Waals surface area (Å²) < 4.78 is 0. The zero-order valence-corrected chi connectivity index (χ0v) is 11.5. The Hall–Kier alpha value is -1.10. The number of halogens is 1. The maximum Gasteiger partial charge on any atom is 0.147 e. The SMILES string of the molecule is NCc1cnc(N2CCc3sccc3C2)c(Cl)c1. The molecular weight excluding hydrogens is 266 g/mol. The lowest BCUT2D eigenvalue weighted by molar-refractivity contribution is 0.731. The Morgan fingerprint density at radius 1 is 1.50 bits per heavy atom. The molecule has 2 aromatic heterocycles. The van der Waals surface area contributed by atoms with Crippen LogP contribution in [0.5, 0.6) is 0 Å². The van der Waals surface area contributed by atoms with Gasteiger partial charge in [0.15, 0.2) is 0 Å². The summed E-state index contributed by atoms with van der Waals surface area (Å²) in [4.78, 5) is 8.17. The van der Waals surface area contributed by atoms with E-state index >= 15 is 0 Å². The van der Waals surface area contributed by atoms with Crippen molar-refractivity contribution in [3.05, 3.63) is 44.7 Å². The molecule has 0 spiro atoms. The van der Waals surface area contributed by atoms with Gasteiger partial charge < -0.3 is 10.6 Å². The molecule has 0 unspecified atom stereocenters. The Kier molecular flexibility index (Phi) is 3.24. The van der Waals surface area contributed by atoms with Gasteiger partial charge >= 0.3 is 0 Å². The molecule has 2 aromatic rings. The minimum Gasteiger partial charge on any atom is -0.351 e. The summed E-state index contributed by atoms with van der Waals surface area (Å²) in [6.07, 6.45) is 2.88. The number of fused-ring (bicyclic) bond motifs is 1. The molecule has 0 atom stereocenters. The lowest BCUT2D eigenvalue weighted by atomic mass is 10.1. The Morgan fingerprint density at radius 2 is 2.39 bits per heavy atom. The van der Waals surface area contributed by atoms with Crippen molar-refractivity contribution in [1.82, 2.24) is 4.98 Å². The summed E-state index contributed by atoms with van der Waals surface area (Å²) >= 11 is 8.12. The topological polar surface area (TPSA) is 42.1 Å². The summed E-state index contributed by atoms with van der Waals surface area (Å²) in [6, 6.07) is 4.10. The predicted octanol–water partition coefficient (Wildman–Crippen LogP) is 2.82. The third-order valence-corrected chi connectivity index (χ3v) is 4.52. The lowest BCUT2D eigenvalue weighted by Gasteiger charge is -2.28. The number of pyridine rings is 1. The average molecular weight is 280 g/mol. The average Bonchev–Trinajstić information content (AvgIpc) is 2.85. The smallest absolute Gasteiger partial charge is 0.147 e. The van der Waals surface area contributed by atoms with E-state index in [1.807, 2.05) is 23.6 Å². The van der Waals surface area contributed by atoms with Gasteiger partial charge in [0.25, 0.3) is 0 Å². The summed E-state index contributed by atoms with van der Waals surface area (Å²) in [6.45, 7) is 2.34. The van der Waals surface area contributed by atoms with Crippen LogP contribution in [0.1, 0.15) is 16.0 Å². The Morgan fingerprint density at radius 3 is 3.17 bits per heavy atom. The summed E-state index contributed by atoms with van der Waals surface area (Å²) in [5, 5.41) is 2.84. The molecule has 0 amide bonds. The highest BCUT2D eigenvalue weighted by molar-refractivity contribution is 7.10. The van der Waals surface area contributed by atoms with Gasteiger partial charge in [-0.1, -0.05) is 11.6 Å². The molecule has 94 valence electrons. The number of hydrogen-bond donors (Lipinski definition) is 1. The fraction of sp³-hybridized carbons (Fsp3) is 0.308. The first-order chi connectivity index (χ1) is 8.78. The quantitative estimate of drug-likeness (QED) is 0.919. The fourth-order valence-corrected chi connectivity index (χ4v) is 3.44. The zero-order chi connectivity index (χ0) is 12.5. The van der Waals surface area contributed by atoms with E-state index in [2.05, 4.69) is 21.3 Å². The molecule has 0 saturated carbocycles. The van der Waals surface area contributed by atoms with Crippen molar-refractivity contribution in [2.24, 2.45) is 5.73 Å². The summed E-state index contributed by atoms with van der Waals surface area (Å²) in [5.41, 5.74) is 7.95. The first-order valence-electron chi connectivity index (χ1n) is 5.92. The highest BCUT2D eigenvalue weighted by Crippen LogP contribution is 2.30. The number of nitrogens with zero attached hydrogens (tertiary/aromatic N) is 2. The van der Waals surface area contributed by atoms with E-state index in [1.54, 1.807) is 0 Å². The zero-order valence-electron chi connectivity index (χ0n) is 9.90. The Balaban J connectivity index is 1.88. The van der Waals surface area contributed by atoms with E-state index in [4.69, 9.17) is 17.3 Å². The van der Waals surface area contributed by atoms with E-state index in [1.165, 1.54) is 10.4 Å². The molecule has 0 saturated heterocycles. The molecule has 3 heterocycles. The van der Waals surface area contributed by atoms with Gasteiger partial charge in [-0.3, -0.25) is 0 Å². The molecule has 18 heavy (non-hydrogen) atoms. The van der Waals surface area contributed by atoms with Crippen molar-refractivity contribution in [3.63, 3.8) is 0 Å². The number of hydrogen-bond acceptors (Lipinski definition) is 4. The fourth-order valence-electron chi connectivity index (χ4n) is 2.24. The van der Waals surface area contributed by atoms with Gasteiger partial charge in [-0.15, -0.1) is 11.3 Å².